The van der Waals surface area contributed by atoms with Crippen molar-refractivity contribution in [1.82, 2.24) is 4.98 Å². The van der Waals surface area contributed by atoms with Gasteiger partial charge in [0.15, 0.2) is 5.69 Å². The molecule has 3 rings (SSSR count). The molecule has 0 spiro atoms. The number of carbonyl (C=O) groups is 1. The molecule has 0 amide bonds. The molecule has 0 bridgehead atoms. The highest BCUT2D eigenvalue weighted by molar-refractivity contribution is 5.86. The van der Waals surface area contributed by atoms with Crippen molar-refractivity contribution in [2.24, 2.45) is 11.3 Å². The van der Waals surface area contributed by atoms with E-state index in [-0.39, 0.29) is 5.69 Å². The number of nitrogens with one attached hydrogen (secondary N) is 1. The van der Waals surface area contributed by atoms with Gasteiger partial charge in [-0.25, -0.2) is 9.78 Å². The molecule has 2 fully saturated rings. The molecule has 0 aliphatic heterocycles. The second-order valence-corrected chi connectivity index (χ2v) is 5.43. The van der Waals surface area contributed by atoms with Crippen LogP contribution in [0.3, 0.4) is 0 Å². The molecule has 5 nitrogen and oxygen atoms in total. The maximum Gasteiger partial charge on any atom is 0.354 e. The van der Waals surface area contributed by atoms with Gasteiger partial charge in [0.1, 0.15) is 5.82 Å². The predicted molar refractivity (Wildman–Crippen MR) is 68.5 cm³/mol. The second-order valence-electron chi connectivity index (χ2n) is 5.43. The van der Waals surface area contributed by atoms with Crippen molar-refractivity contribution in [2.75, 3.05) is 17.6 Å². The van der Waals surface area contributed by atoms with Gasteiger partial charge < -0.3 is 16.2 Å². The van der Waals surface area contributed by atoms with Gasteiger partial charge in [-0.15, -0.1) is 0 Å². The van der Waals surface area contributed by atoms with Crippen LogP contribution in [0.4, 0.5) is 11.5 Å². The number of nitrogens with zero attached hydrogens (tertiary/aromatic N) is 1. The van der Waals surface area contributed by atoms with Crippen LogP contribution in [0.2, 0.25) is 0 Å². The van der Waals surface area contributed by atoms with E-state index in [2.05, 4.69) is 10.3 Å². The van der Waals surface area contributed by atoms with Crippen LogP contribution in [0.15, 0.2) is 12.1 Å². The van der Waals surface area contributed by atoms with Crippen LogP contribution in [0.1, 0.15) is 36.2 Å². The average Bonchev–Trinajstić information content (AvgIpc) is 3.20. The summed E-state index contributed by atoms with van der Waals surface area (Å²) in [6.45, 7) is 0.859. The zero-order valence-corrected chi connectivity index (χ0v) is 10.1. The fourth-order valence-electron chi connectivity index (χ4n) is 2.58. The summed E-state index contributed by atoms with van der Waals surface area (Å²) in [5.41, 5.74) is 6.79. The summed E-state index contributed by atoms with van der Waals surface area (Å²) in [5.74, 6) is 0.331. The summed E-state index contributed by atoms with van der Waals surface area (Å²) in [5, 5.41) is 12.1. The minimum Gasteiger partial charge on any atom is -0.477 e. The van der Waals surface area contributed by atoms with E-state index in [0.29, 0.717) is 16.9 Å². The summed E-state index contributed by atoms with van der Waals surface area (Å²) < 4.78 is 0. The van der Waals surface area contributed by atoms with E-state index < -0.39 is 5.97 Å². The summed E-state index contributed by atoms with van der Waals surface area (Å²) in [6.07, 6.45) is 5.20. The van der Waals surface area contributed by atoms with Crippen LogP contribution in [0, 0.1) is 11.3 Å². The van der Waals surface area contributed by atoms with Gasteiger partial charge in [-0.1, -0.05) is 0 Å². The number of nitrogens with two attached hydrogens (primary N) is 1. The quantitative estimate of drug-likeness (QED) is 0.740. The molecule has 2 saturated carbocycles. The molecule has 0 saturated heterocycles. The van der Waals surface area contributed by atoms with Gasteiger partial charge in [0.2, 0.25) is 0 Å². The lowest BCUT2D eigenvalue weighted by Gasteiger charge is -2.16. The summed E-state index contributed by atoms with van der Waals surface area (Å²) in [7, 11) is 0. The van der Waals surface area contributed by atoms with E-state index in [1.54, 1.807) is 6.07 Å². The smallest absolute Gasteiger partial charge is 0.354 e. The minimum atomic E-state index is -1.03. The Bertz CT molecular complexity index is 493. The third-order valence-electron chi connectivity index (χ3n) is 4.09. The first kappa shape index (κ1) is 11.3. The largest absolute Gasteiger partial charge is 0.477 e. The summed E-state index contributed by atoms with van der Waals surface area (Å²) in [4.78, 5) is 14.9. The molecular formula is C13H17N3O2. The Morgan fingerprint density at radius 1 is 1.50 bits per heavy atom. The highest BCUT2D eigenvalue weighted by atomic mass is 16.4. The lowest BCUT2D eigenvalue weighted by Crippen LogP contribution is -2.19. The van der Waals surface area contributed by atoms with Gasteiger partial charge in [-0.05, 0) is 49.1 Å². The van der Waals surface area contributed by atoms with Gasteiger partial charge in [-0.2, -0.15) is 0 Å². The van der Waals surface area contributed by atoms with E-state index >= 15 is 0 Å². The van der Waals surface area contributed by atoms with Gasteiger partial charge in [0, 0.05) is 6.54 Å². The number of hydrogen-bond acceptors (Lipinski definition) is 4. The fraction of sp³-hybridized carbons (Fsp3) is 0.538. The maximum absolute atomic E-state index is 10.9. The van der Waals surface area contributed by atoms with Gasteiger partial charge in [-0.3, -0.25) is 0 Å². The van der Waals surface area contributed by atoms with Crippen LogP contribution in [0.5, 0.6) is 0 Å². The number of aromatic nitrogens is 1. The molecule has 5 heteroatoms. The number of pyridine rings is 1. The number of anilines is 2. The SMILES string of the molecule is Nc1ccc(C(=O)O)nc1NCC1(C2CC2)CC1. The van der Waals surface area contributed by atoms with Gasteiger partial charge in [0.25, 0.3) is 0 Å². The minimum absolute atomic E-state index is 0.0305. The first-order valence-corrected chi connectivity index (χ1v) is 6.34. The number of carboxylic acid groups (broad SMARTS) is 1. The van der Waals surface area contributed by atoms with Crippen molar-refractivity contribution in [3.05, 3.63) is 17.8 Å². The van der Waals surface area contributed by atoms with Crippen molar-refractivity contribution in [1.29, 1.82) is 0 Å². The molecule has 0 radical (unpaired) electrons. The van der Waals surface area contributed by atoms with Crippen molar-refractivity contribution in [2.45, 2.75) is 25.7 Å². The maximum atomic E-state index is 10.9. The molecule has 1 aromatic heterocycles. The van der Waals surface area contributed by atoms with Gasteiger partial charge >= 0.3 is 5.97 Å². The highest BCUT2D eigenvalue weighted by Gasteiger charge is 2.53. The molecule has 1 aromatic rings. The Morgan fingerprint density at radius 3 is 2.78 bits per heavy atom. The first-order chi connectivity index (χ1) is 8.61. The van der Waals surface area contributed by atoms with E-state index in [1.165, 1.54) is 31.7 Å². The van der Waals surface area contributed by atoms with Crippen LogP contribution >= 0.6 is 0 Å². The summed E-state index contributed by atoms with van der Waals surface area (Å²) >= 11 is 0. The topological polar surface area (TPSA) is 88.2 Å². The molecule has 4 N–H and O–H groups in total. The van der Waals surface area contributed by atoms with E-state index in [1.807, 2.05) is 0 Å². The predicted octanol–water partition coefficient (Wildman–Crippen LogP) is 1.96. The first-order valence-electron chi connectivity index (χ1n) is 6.34. The number of hydrogen-bond donors (Lipinski definition) is 3. The molecular weight excluding hydrogens is 230 g/mol. The third-order valence-corrected chi connectivity index (χ3v) is 4.09. The standard InChI is InChI=1S/C13H17N3O2/c14-9-3-4-10(12(17)18)16-11(9)15-7-13(5-6-13)8-1-2-8/h3-4,8H,1-2,5-7,14H2,(H,15,16)(H,17,18). The van der Waals surface area contributed by atoms with E-state index in [9.17, 15) is 4.79 Å². The Hall–Kier alpha value is -1.78. The van der Waals surface area contributed by atoms with E-state index in [0.717, 1.165) is 12.5 Å². The van der Waals surface area contributed by atoms with Crippen LogP contribution < -0.4 is 11.1 Å². The Balaban J connectivity index is 1.71. The van der Waals surface area contributed by atoms with Gasteiger partial charge in [0.05, 0.1) is 5.69 Å². The monoisotopic (exact) mass is 247 g/mol. The van der Waals surface area contributed by atoms with E-state index in [4.69, 9.17) is 10.8 Å². The van der Waals surface area contributed by atoms with Crippen molar-refractivity contribution in [3.63, 3.8) is 0 Å². The normalized spacial score (nSPS) is 20.4. The van der Waals surface area contributed by atoms with Crippen molar-refractivity contribution < 1.29 is 9.90 Å². The third kappa shape index (κ3) is 2.00. The lowest BCUT2D eigenvalue weighted by molar-refractivity contribution is 0.0690. The molecule has 0 aromatic carbocycles. The van der Waals surface area contributed by atoms with Crippen LogP contribution in [-0.4, -0.2) is 22.6 Å². The Morgan fingerprint density at radius 2 is 2.22 bits per heavy atom. The van der Waals surface area contributed by atoms with Crippen molar-refractivity contribution in [3.8, 4) is 0 Å². The zero-order valence-electron chi connectivity index (χ0n) is 10.1. The Labute approximate surface area is 105 Å². The zero-order chi connectivity index (χ0) is 12.8. The molecule has 18 heavy (non-hydrogen) atoms. The highest BCUT2D eigenvalue weighted by Crippen LogP contribution is 2.61. The molecule has 1 heterocycles. The lowest BCUT2D eigenvalue weighted by atomic mass is 10.0. The second kappa shape index (κ2) is 3.86. The summed E-state index contributed by atoms with van der Waals surface area (Å²) in [6, 6.07) is 3.02. The number of aromatic carboxylic acids is 1. The Kier molecular flexibility index (Phi) is 2.43. The van der Waals surface area contributed by atoms with Crippen molar-refractivity contribution >= 4 is 17.5 Å². The van der Waals surface area contributed by atoms with Crippen LogP contribution in [0.25, 0.3) is 0 Å². The molecule has 96 valence electrons. The molecule has 2 aliphatic rings. The number of rotatable bonds is 5. The average molecular weight is 247 g/mol. The molecule has 2 aliphatic carbocycles. The fourth-order valence-corrected chi connectivity index (χ4v) is 2.58. The number of carboxylic acids is 1. The van der Waals surface area contributed by atoms with Crippen LogP contribution in [-0.2, 0) is 0 Å². The molecule has 0 atom stereocenters. The molecule has 0 unspecified atom stereocenters. The number of nitrogen functional groups attached to an aromatic ring is 1.